The van der Waals surface area contributed by atoms with Gasteiger partial charge in [-0.15, -0.1) is 0 Å². The van der Waals surface area contributed by atoms with E-state index in [0.29, 0.717) is 19.7 Å². The van der Waals surface area contributed by atoms with Gasteiger partial charge in [0.1, 0.15) is 5.76 Å². The number of carbonyl (C=O) groups is 1. The minimum Gasteiger partial charge on any atom is -0.467 e. The van der Waals surface area contributed by atoms with Crippen molar-refractivity contribution in [1.82, 2.24) is 4.90 Å². The van der Waals surface area contributed by atoms with Gasteiger partial charge in [-0.05, 0) is 30.7 Å². The third-order valence-electron chi connectivity index (χ3n) is 3.30. The summed E-state index contributed by atoms with van der Waals surface area (Å²) in [6.07, 6.45) is 5.02. The number of ether oxygens (including phenoxy) is 1. The predicted octanol–water partition coefficient (Wildman–Crippen LogP) is 3.28. The van der Waals surface area contributed by atoms with Crippen molar-refractivity contribution in [3.05, 3.63) is 65.6 Å². The first-order valence-corrected chi connectivity index (χ1v) is 7.24. The first kappa shape index (κ1) is 16.0. The lowest BCUT2D eigenvalue weighted by molar-refractivity contribution is -0.127. The molecule has 2 aromatic rings. The zero-order valence-corrected chi connectivity index (χ0v) is 13.0. The molecule has 116 valence electrons. The van der Waals surface area contributed by atoms with Crippen LogP contribution in [0.15, 0.2) is 53.2 Å². The standard InChI is InChI=1S/C18H21NO3/c1-15-5-7-16(8-6-15)9-10-18(20)19(11-13-21-2)14-17-4-3-12-22-17/h3-10,12H,11,13-14H2,1-2H3/b10-9+. The molecule has 4 nitrogen and oxygen atoms in total. The molecule has 0 unspecified atom stereocenters. The molecule has 0 fully saturated rings. The number of aryl methyl sites for hydroxylation is 1. The van der Waals surface area contributed by atoms with Crippen molar-refractivity contribution in [2.24, 2.45) is 0 Å². The Balaban J connectivity index is 2.02. The number of carbonyl (C=O) groups excluding carboxylic acids is 1. The number of furan rings is 1. The van der Waals surface area contributed by atoms with Crippen molar-refractivity contribution in [2.75, 3.05) is 20.3 Å². The quantitative estimate of drug-likeness (QED) is 0.737. The average molecular weight is 299 g/mol. The SMILES string of the molecule is COCCN(Cc1ccco1)C(=O)/C=C/c1ccc(C)cc1. The molecule has 0 aliphatic rings. The number of benzene rings is 1. The van der Waals surface area contributed by atoms with E-state index in [2.05, 4.69) is 0 Å². The van der Waals surface area contributed by atoms with Crippen LogP contribution in [0.25, 0.3) is 6.08 Å². The Morgan fingerprint density at radius 1 is 1.27 bits per heavy atom. The first-order valence-electron chi connectivity index (χ1n) is 7.24. The van der Waals surface area contributed by atoms with Crippen LogP contribution >= 0.6 is 0 Å². The molecule has 0 bridgehead atoms. The summed E-state index contributed by atoms with van der Waals surface area (Å²) in [5, 5.41) is 0. The smallest absolute Gasteiger partial charge is 0.247 e. The van der Waals surface area contributed by atoms with E-state index in [-0.39, 0.29) is 5.91 Å². The van der Waals surface area contributed by atoms with Crippen molar-refractivity contribution in [3.8, 4) is 0 Å². The summed E-state index contributed by atoms with van der Waals surface area (Å²) >= 11 is 0. The van der Waals surface area contributed by atoms with Gasteiger partial charge in [0.05, 0.1) is 19.4 Å². The summed E-state index contributed by atoms with van der Waals surface area (Å²) < 4.78 is 10.4. The Labute approximate surface area is 131 Å². The van der Waals surface area contributed by atoms with Gasteiger partial charge in [-0.25, -0.2) is 0 Å². The van der Waals surface area contributed by atoms with Crippen LogP contribution < -0.4 is 0 Å². The monoisotopic (exact) mass is 299 g/mol. The highest BCUT2D eigenvalue weighted by Crippen LogP contribution is 2.08. The molecule has 1 aromatic heterocycles. The lowest BCUT2D eigenvalue weighted by atomic mass is 10.1. The summed E-state index contributed by atoms with van der Waals surface area (Å²) in [6.45, 7) is 3.49. The Morgan fingerprint density at radius 3 is 2.68 bits per heavy atom. The van der Waals surface area contributed by atoms with Crippen LogP contribution in [0.4, 0.5) is 0 Å². The van der Waals surface area contributed by atoms with Crippen molar-refractivity contribution >= 4 is 12.0 Å². The van der Waals surface area contributed by atoms with Crippen molar-refractivity contribution in [1.29, 1.82) is 0 Å². The van der Waals surface area contributed by atoms with E-state index in [9.17, 15) is 4.79 Å². The van der Waals surface area contributed by atoms with E-state index in [0.717, 1.165) is 11.3 Å². The highest BCUT2D eigenvalue weighted by atomic mass is 16.5. The molecule has 0 N–H and O–H groups in total. The summed E-state index contributed by atoms with van der Waals surface area (Å²) in [5.41, 5.74) is 2.20. The van der Waals surface area contributed by atoms with Crippen molar-refractivity contribution < 1.29 is 13.9 Å². The number of hydrogen-bond acceptors (Lipinski definition) is 3. The molecule has 0 saturated carbocycles. The van der Waals surface area contributed by atoms with Crippen molar-refractivity contribution in [2.45, 2.75) is 13.5 Å². The Hall–Kier alpha value is -2.33. The molecule has 0 aliphatic carbocycles. The van der Waals surface area contributed by atoms with Crippen LogP contribution in [0.5, 0.6) is 0 Å². The van der Waals surface area contributed by atoms with E-state index in [1.54, 1.807) is 24.3 Å². The molecule has 0 aliphatic heterocycles. The van der Waals surface area contributed by atoms with E-state index >= 15 is 0 Å². The van der Waals surface area contributed by atoms with Gasteiger partial charge in [-0.1, -0.05) is 29.8 Å². The van der Waals surface area contributed by atoms with E-state index < -0.39 is 0 Å². The number of rotatable bonds is 7. The second-order valence-corrected chi connectivity index (χ2v) is 5.08. The zero-order valence-electron chi connectivity index (χ0n) is 13.0. The molecular weight excluding hydrogens is 278 g/mol. The zero-order chi connectivity index (χ0) is 15.8. The molecule has 0 atom stereocenters. The minimum absolute atomic E-state index is 0.0611. The van der Waals surface area contributed by atoms with Gasteiger partial charge in [0, 0.05) is 19.7 Å². The van der Waals surface area contributed by atoms with Crippen LogP contribution in [-0.2, 0) is 16.1 Å². The van der Waals surface area contributed by atoms with Gasteiger partial charge >= 0.3 is 0 Å². The lowest BCUT2D eigenvalue weighted by Crippen LogP contribution is -2.31. The minimum atomic E-state index is -0.0611. The highest BCUT2D eigenvalue weighted by Gasteiger charge is 2.12. The van der Waals surface area contributed by atoms with Gasteiger partial charge in [-0.3, -0.25) is 4.79 Å². The van der Waals surface area contributed by atoms with Gasteiger partial charge in [0.15, 0.2) is 0 Å². The summed E-state index contributed by atoms with van der Waals surface area (Å²) in [5.74, 6) is 0.696. The second-order valence-electron chi connectivity index (χ2n) is 5.08. The first-order chi connectivity index (χ1) is 10.7. The topological polar surface area (TPSA) is 42.7 Å². The highest BCUT2D eigenvalue weighted by molar-refractivity contribution is 5.91. The average Bonchev–Trinajstić information content (AvgIpc) is 3.03. The van der Waals surface area contributed by atoms with E-state index in [4.69, 9.17) is 9.15 Å². The summed E-state index contributed by atoms with van der Waals surface area (Å²) in [7, 11) is 1.62. The molecule has 0 spiro atoms. The van der Waals surface area contributed by atoms with E-state index in [1.165, 1.54) is 5.56 Å². The van der Waals surface area contributed by atoms with Gasteiger partial charge in [-0.2, -0.15) is 0 Å². The van der Waals surface area contributed by atoms with Crippen LogP contribution in [0.1, 0.15) is 16.9 Å². The van der Waals surface area contributed by atoms with E-state index in [1.807, 2.05) is 49.4 Å². The van der Waals surface area contributed by atoms with Crippen molar-refractivity contribution in [3.63, 3.8) is 0 Å². The fraction of sp³-hybridized carbons (Fsp3) is 0.278. The van der Waals surface area contributed by atoms with Gasteiger partial charge in [0.25, 0.3) is 0 Å². The number of amides is 1. The van der Waals surface area contributed by atoms with Crippen LogP contribution in [0.3, 0.4) is 0 Å². The van der Waals surface area contributed by atoms with Crippen LogP contribution in [0, 0.1) is 6.92 Å². The fourth-order valence-electron chi connectivity index (χ4n) is 2.01. The Morgan fingerprint density at radius 2 is 2.05 bits per heavy atom. The Kier molecular flexibility index (Phi) is 5.98. The van der Waals surface area contributed by atoms with Gasteiger partial charge in [0.2, 0.25) is 5.91 Å². The summed E-state index contributed by atoms with van der Waals surface area (Å²) in [4.78, 5) is 14.1. The molecular formula is C18H21NO3. The molecule has 0 saturated heterocycles. The van der Waals surface area contributed by atoms with Gasteiger partial charge < -0.3 is 14.1 Å². The largest absolute Gasteiger partial charge is 0.467 e. The second kappa shape index (κ2) is 8.20. The maximum Gasteiger partial charge on any atom is 0.247 e. The molecule has 0 radical (unpaired) electrons. The lowest BCUT2D eigenvalue weighted by Gasteiger charge is -2.19. The third kappa shape index (κ3) is 4.90. The predicted molar refractivity (Wildman–Crippen MR) is 86.2 cm³/mol. The number of methoxy groups -OCH3 is 1. The normalized spacial score (nSPS) is 11.0. The van der Waals surface area contributed by atoms with Crippen LogP contribution in [0.2, 0.25) is 0 Å². The molecule has 1 heterocycles. The molecule has 2 rings (SSSR count). The molecule has 4 heteroatoms. The third-order valence-corrected chi connectivity index (χ3v) is 3.30. The molecule has 22 heavy (non-hydrogen) atoms. The summed E-state index contributed by atoms with van der Waals surface area (Å²) in [6, 6.07) is 11.7. The number of hydrogen-bond donors (Lipinski definition) is 0. The Bertz CT molecular complexity index is 600. The number of nitrogens with zero attached hydrogens (tertiary/aromatic N) is 1. The molecule has 1 aromatic carbocycles. The maximum absolute atomic E-state index is 12.4. The van der Waals surface area contributed by atoms with Crippen LogP contribution in [-0.4, -0.2) is 31.1 Å². The molecule has 1 amide bonds. The fourth-order valence-corrected chi connectivity index (χ4v) is 2.01. The maximum atomic E-state index is 12.4.